The maximum atomic E-state index is 5.80. The molecular weight excluding hydrogens is 248 g/mol. The number of ether oxygens (including phenoxy) is 2. The van der Waals surface area contributed by atoms with Crippen LogP contribution in [-0.4, -0.2) is 36.0 Å². The Morgan fingerprint density at radius 2 is 2.21 bits per heavy atom. The van der Waals surface area contributed by atoms with Gasteiger partial charge < -0.3 is 19.7 Å². The highest BCUT2D eigenvalue weighted by atomic mass is 16.5. The smallest absolute Gasteiger partial charge is 0.245 e. The summed E-state index contributed by atoms with van der Waals surface area (Å²) in [4.78, 5) is 8.34. The van der Waals surface area contributed by atoms with Gasteiger partial charge in [-0.25, -0.2) is 4.98 Å². The van der Waals surface area contributed by atoms with Crippen LogP contribution in [0.2, 0.25) is 0 Å². The fraction of sp³-hybridized carbons (Fsp3) is 0.417. The lowest BCUT2D eigenvalue weighted by molar-refractivity contribution is 0.166. The van der Waals surface area contributed by atoms with E-state index < -0.39 is 6.04 Å². The Kier molecular flexibility index (Phi) is 4.43. The first-order chi connectivity index (χ1) is 9.22. The van der Waals surface area contributed by atoms with Gasteiger partial charge in [-0.15, -0.1) is 0 Å². The van der Waals surface area contributed by atoms with E-state index in [-0.39, 0.29) is 0 Å². The first kappa shape index (κ1) is 13.4. The third kappa shape index (κ3) is 3.49. The fourth-order valence-corrected chi connectivity index (χ4v) is 1.56. The van der Waals surface area contributed by atoms with Gasteiger partial charge >= 0.3 is 0 Å². The van der Waals surface area contributed by atoms with Crippen molar-refractivity contribution >= 4 is 0 Å². The molecule has 0 aromatic carbocycles. The molecule has 1 unspecified atom stereocenters. The van der Waals surface area contributed by atoms with E-state index in [4.69, 9.17) is 19.7 Å². The Hall–Kier alpha value is -1.99. The van der Waals surface area contributed by atoms with Crippen molar-refractivity contribution in [2.75, 3.05) is 20.8 Å². The summed E-state index contributed by atoms with van der Waals surface area (Å²) in [7, 11) is 3.14. The fourth-order valence-electron chi connectivity index (χ4n) is 1.56. The maximum Gasteiger partial charge on any atom is 0.245 e. The number of hydrogen-bond donors (Lipinski definition) is 1. The minimum atomic E-state index is -0.403. The van der Waals surface area contributed by atoms with E-state index in [0.29, 0.717) is 30.6 Å². The normalized spacial score (nSPS) is 12.4. The quantitative estimate of drug-likeness (QED) is 0.820. The Labute approximate surface area is 110 Å². The van der Waals surface area contributed by atoms with Crippen LogP contribution < -0.4 is 10.5 Å². The number of nitrogens with two attached hydrogens (primary N) is 1. The third-order valence-corrected chi connectivity index (χ3v) is 2.52. The van der Waals surface area contributed by atoms with Gasteiger partial charge in [0.15, 0.2) is 5.82 Å². The zero-order chi connectivity index (χ0) is 13.7. The van der Waals surface area contributed by atoms with Gasteiger partial charge in [0.25, 0.3) is 0 Å². The molecule has 0 spiro atoms. The van der Waals surface area contributed by atoms with Crippen molar-refractivity contribution in [3.63, 3.8) is 0 Å². The van der Waals surface area contributed by atoms with Crippen LogP contribution in [0.5, 0.6) is 5.88 Å². The molecular formula is C12H16N4O3. The number of hydrogen-bond acceptors (Lipinski definition) is 7. The molecule has 0 amide bonds. The number of nitrogens with zero attached hydrogens (tertiary/aromatic N) is 3. The van der Waals surface area contributed by atoms with Crippen molar-refractivity contribution in [1.82, 2.24) is 15.1 Å². The van der Waals surface area contributed by atoms with E-state index in [0.717, 1.165) is 5.56 Å². The van der Waals surface area contributed by atoms with E-state index in [1.54, 1.807) is 26.5 Å². The zero-order valence-corrected chi connectivity index (χ0v) is 10.9. The highest BCUT2D eigenvalue weighted by molar-refractivity contribution is 5.20. The molecule has 0 aliphatic heterocycles. The predicted octanol–water partition coefficient (Wildman–Crippen LogP) is 0.710. The van der Waals surface area contributed by atoms with Crippen molar-refractivity contribution in [1.29, 1.82) is 0 Å². The van der Waals surface area contributed by atoms with Crippen molar-refractivity contribution in [2.24, 2.45) is 5.73 Å². The zero-order valence-electron chi connectivity index (χ0n) is 10.9. The van der Waals surface area contributed by atoms with Gasteiger partial charge in [0.2, 0.25) is 11.8 Å². The summed E-state index contributed by atoms with van der Waals surface area (Å²) < 4.78 is 15.0. The van der Waals surface area contributed by atoms with Crippen LogP contribution in [-0.2, 0) is 11.2 Å². The molecule has 2 N–H and O–H groups in total. The Morgan fingerprint density at radius 1 is 1.37 bits per heavy atom. The van der Waals surface area contributed by atoms with Crippen molar-refractivity contribution < 1.29 is 14.0 Å². The second-order valence-electron chi connectivity index (χ2n) is 4.00. The highest BCUT2D eigenvalue weighted by Crippen LogP contribution is 2.12. The second kappa shape index (κ2) is 6.26. The first-order valence-corrected chi connectivity index (χ1v) is 5.79. The van der Waals surface area contributed by atoms with Gasteiger partial charge in [-0.1, -0.05) is 11.2 Å². The second-order valence-corrected chi connectivity index (χ2v) is 4.00. The summed E-state index contributed by atoms with van der Waals surface area (Å²) in [6.07, 6.45) is 2.24. The Bertz CT molecular complexity index is 512. The molecule has 102 valence electrons. The topological polar surface area (TPSA) is 96.3 Å². The molecule has 0 radical (unpaired) electrons. The summed E-state index contributed by atoms with van der Waals surface area (Å²) >= 11 is 0. The van der Waals surface area contributed by atoms with Crippen LogP contribution in [0.15, 0.2) is 22.9 Å². The summed E-state index contributed by atoms with van der Waals surface area (Å²) in [6, 6.07) is 3.28. The van der Waals surface area contributed by atoms with E-state index in [1.807, 2.05) is 6.07 Å². The predicted molar refractivity (Wildman–Crippen MR) is 66.7 cm³/mol. The van der Waals surface area contributed by atoms with Gasteiger partial charge in [0, 0.05) is 25.8 Å². The van der Waals surface area contributed by atoms with Gasteiger partial charge in [0.05, 0.1) is 13.7 Å². The standard InChI is InChI=1S/C12H16N4O3/c1-17-7-9(13)12-15-10(16-19-12)5-8-3-4-11(18-2)14-6-8/h3-4,6,9H,5,7,13H2,1-2H3. The SMILES string of the molecule is COCC(N)c1nc(Cc2ccc(OC)nc2)no1. The van der Waals surface area contributed by atoms with E-state index >= 15 is 0 Å². The third-order valence-electron chi connectivity index (χ3n) is 2.52. The van der Waals surface area contributed by atoms with Crippen LogP contribution >= 0.6 is 0 Å². The lowest BCUT2D eigenvalue weighted by Crippen LogP contribution is -2.16. The van der Waals surface area contributed by atoms with E-state index in [9.17, 15) is 0 Å². The lowest BCUT2D eigenvalue weighted by Gasteiger charge is -2.03. The van der Waals surface area contributed by atoms with Crippen molar-refractivity contribution in [2.45, 2.75) is 12.5 Å². The number of aromatic nitrogens is 3. The van der Waals surface area contributed by atoms with Crippen molar-refractivity contribution in [3.05, 3.63) is 35.6 Å². The number of pyridine rings is 1. The summed E-state index contributed by atoms with van der Waals surface area (Å²) in [5.41, 5.74) is 6.77. The molecule has 1 atom stereocenters. The molecule has 0 aliphatic carbocycles. The highest BCUT2D eigenvalue weighted by Gasteiger charge is 2.14. The molecule has 0 saturated heterocycles. The largest absolute Gasteiger partial charge is 0.481 e. The van der Waals surface area contributed by atoms with Crippen LogP contribution in [0.25, 0.3) is 0 Å². The Morgan fingerprint density at radius 3 is 2.84 bits per heavy atom. The van der Waals surface area contributed by atoms with Crippen molar-refractivity contribution in [3.8, 4) is 5.88 Å². The molecule has 7 heteroatoms. The van der Waals surface area contributed by atoms with Crippen LogP contribution in [0.4, 0.5) is 0 Å². The van der Waals surface area contributed by atoms with E-state index in [2.05, 4.69) is 15.1 Å². The minimum absolute atomic E-state index is 0.339. The molecule has 0 saturated carbocycles. The average molecular weight is 264 g/mol. The molecule has 2 aromatic heterocycles. The van der Waals surface area contributed by atoms with Gasteiger partial charge in [-0.3, -0.25) is 0 Å². The molecule has 19 heavy (non-hydrogen) atoms. The number of methoxy groups -OCH3 is 2. The summed E-state index contributed by atoms with van der Waals surface area (Å²) in [6.45, 7) is 0.339. The van der Waals surface area contributed by atoms with E-state index in [1.165, 1.54) is 0 Å². The number of rotatable bonds is 6. The average Bonchev–Trinajstić information content (AvgIpc) is 2.88. The molecule has 0 fully saturated rings. The van der Waals surface area contributed by atoms with Gasteiger partial charge in [0.1, 0.15) is 6.04 Å². The molecule has 0 aliphatic rings. The summed E-state index contributed by atoms with van der Waals surface area (Å²) in [5.74, 6) is 1.51. The minimum Gasteiger partial charge on any atom is -0.481 e. The molecule has 0 bridgehead atoms. The van der Waals surface area contributed by atoms with Crippen LogP contribution in [0.1, 0.15) is 23.3 Å². The molecule has 2 rings (SSSR count). The van der Waals surface area contributed by atoms with Crippen LogP contribution in [0, 0.1) is 0 Å². The maximum absolute atomic E-state index is 5.80. The van der Waals surface area contributed by atoms with Crippen LogP contribution in [0.3, 0.4) is 0 Å². The molecule has 2 heterocycles. The monoisotopic (exact) mass is 264 g/mol. The van der Waals surface area contributed by atoms with Gasteiger partial charge in [-0.2, -0.15) is 4.98 Å². The lowest BCUT2D eigenvalue weighted by atomic mass is 10.2. The van der Waals surface area contributed by atoms with Gasteiger partial charge in [-0.05, 0) is 5.56 Å². The summed E-state index contributed by atoms with van der Waals surface area (Å²) in [5, 5.41) is 3.88. The first-order valence-electron chi connectivity index (χ1n) is 5.79. The molecule has 2 aromatic rings. The Balaban J connectivity index is 2.02. The molecule has 7 nitrogen and oxygen atoms in total.